The lowest BCUT2D eigenvalue weighted by atomic mass is 10.1. The number of hydrogen-bond donors (Lipinski definition) is 2. The molecule has 5 heteroatoms. The van der Waals surface area contributed by atoms with Crippen molar-refractivity contribution in [3.05, 3.63) is 29.8 Å². The molecule has 0 saturated heterocycles. The predicted octanol–water partition coefficient (Wildman–Crippen LogP) is 2.08. The van der Waals surface area contributed by atoms with E-state index in [-0.39, 0.29) is 0 Å². The fourth-order valence-corrected chi connectivity index (χ4v) is 2.52. The van der Waals surface area contributed by atoms with Gasteiger partial charge in [-0.15, -0.1) is 11.8 Å². The first-order valence-corrected chi connectivity index (χ1v) is 7.80. The van der Waals surface area contributed by atoms with Crippen LogP contribution >= 0.6 is 11.8 Å². The minimum Gasteiger partial charge on any atom is -0.390 e. The van der Waals surface area contributed by atoms with E-state index in [0.717, 1.165) is 0 Å². The molecule has 0 fully saturated rings. The van der Waals surface area contributed by atoms with Gasteiger partial charge < -0.3 is 19.9 Å². The molecule has 4 nitrogen and oxygen atoms in total. The van der Waals surface area contributed by atoms with Crippen LogP contribution < -0.4 is 5.32 Å². The van der Waals surface area contributed by atoms with E-state index in [2.05, 4.69) is 30.4 Å². The Bertz CT molecular complexity index is 376. The zero-order valence-electron chi connectivity index (χ0n) is 12.5. The number of rotatable bonds is 10. The Morgan fingerprint density at radius 2 is 2.15 bits per heavy atom. The zero-order valence-corrected chi connectivity index (χ0v) is 13.3. The molecule has 0 aliphatic heterocycles. The van der Waals surface area contributed by atoms with Crippen molar-refractivity contribution in [1.82, 2.24) is 5.32 Å². The summed E-state index contributed by atoms with van der Waals surface area (Å²) in [5.74, 6) is 0.629. The van der Waals surface area contributed by atoms with Crippen molar-refractivity contribution in [2.24, 2.45) is 0 Å². The highest BCUT2D eigenvalue weighted by Crippen LogP contribution is 2.22. The SMILES string of the molecule is CNC(C)c1cccc(SCC(O)COCCOC)c1. The van der Waals surface area contributed by atoms with Crippen LogP contribution in [0.3, 0.4) is 0 Å². The van der Waals surface area contributed by atoms with Crippen LogP contribution in [0.15, 0.2) is 29.2 Å². The maximum Gasteiger partial charge on any atom is 0.0867 e. The van der Waals surface area contributed by atoms with Gasteiger partial charge in [-0.2, -0.15) is 0 Å². The molecule has 0 saturated carbocycles. The molecular weight excluding hydrogens is 274 g/mol. The van der Waals surface area contributed by atoms with E-state index in [1.807, 2.05) is 13.1 Å². The first-order valence-electron chi connectivity index (χ1n) is 6.82. The molecule has 0 aromatic heterocycles. The van der Waals surface area contributed by atoms with Gasteiger partial charge in [-0.1, -0.05) is 12.1 Å². The third-order valence-electron chi connectivity index (χ3n) is 2.98. The smallest absolute Gasteiger partial charge is 0.0867 e. The van der Waals surface area contributed by atoms with E-state index in [1.165, 1.54) is 10.5 Å². The highest BCUT2D eigenvalue weighted by atomic mass is 32.2. The van der Waals surface area contributed by atoms with Crippen LogP contribution in [0.2, 0.25) is 0 Å². The molecule has 2 N–H and O–H groups in total. The summed E-state index contributed by atoms with van der Waals surface area (Å²) in [5.41, 5.74) is 1.25. The van der Waals surface area contributed by atoms with Gasteiger partial charge in [0.05, 0.1) is 25.9 Å². The van der Waals surface area contributed by atoms with Crippen LogP contribution in [0.5, 0.6) is 0 Å². The standard InChI is InChI=1S/C15H25NO3S/c1-12(16-2)13-5-4-6-15(9-13)20-11-14(17)10-19-8-7-18-3/h4-6,9,12,14,16-17H,7-8,10-11H2,1-3H3. The van der Waals surface area contributed by atoms with Gasteiger partial charge in [-0.05, 0) is 31.7 Å². The largest absolute Gasteiger partial charge is 0.390 e. The number of benzene rings is 1. The number of methoxy groups -OCH3 is 1. The average molecular weight is 299 g/mol. The lowest BCUT2D eigenvalue weighted by Gasteiger charge is -2.13. The van der Waals surface area contributed by atoms with Crippen LogP contribution in [0.4, 0.5) is 0 Å². The number of ether oxygens (including phenoxy) is 2. The molecule has 0 heterocycles. The van der Waals surface area contributed by atoms with Gasteiger partial charge in [0.2, 0.25) is 0 Å². The van der Waals surface area contributed by atoms with Crippen LogP contribution in [-0.2, 0) is 9.47 Å². The summed E-state index contributed by atoms with van der Waals surface area (Å²) in [4.78, 5) is 1.17. The second-order valence-electron chi connectivity index (χ2n) is 4.62. The first-order chi connectivity index (χ1) is 9.67. The molecule has 0 radical (unpaired) electrons. The summed E-state index contributed by atoms with van der Waals surface area (Å²) in [5, 5.41) is 13.1. The summed E-state index contributed by atoms with van der Waals surface area (Å²) >= 11 is 1.65. The van der Waals surface area contributed by atoms with Gasteiger partial charge in [-0.25, -0.2) is 0 Å². The van der Waals surface area contributed by atoms with Gasteiger partial charge in [0.25, 0.3) is 0 Å². The molecule has 0 aliphatic carbocycles. The number of nitrogens with one attached hydrogen (secondary N) is 1. The van der Waals surface area contributed by atoms with Crippen LogP contribution in [-0.4, -0.2) is 50.9 Å². The first kappa shape index (κ1) is 17.5. The molecule has 2 atom stereocenters. The number of aliphatic hydroxyl groups is 1. The van der Waals surface area contributed by atoms with Crippen molar-refractivity contribution in [3.63, 3.8) is 0 Å². The second-order valence-corrected chi connectivity index (χ2v) is 5.71. The molecule has 0 aliphatic rings. The fourth-order valence-electron chi connectivity index (χ4n) is 1.64. The molecule has 0 bridgehead atoms. The van der Waals surface area contributed by atoms with Gasteiger partial charge >= 0.3 is 0 Å². The Labute approximate surface area is 125 Å². The number of hydrogen-bond acceptors (Lipinski definition) is 5. The summed E-state index contributed by atoms with van der Waals surface area (Å²) in [6.07, 6.45) is -0.456. The summed E-state index contributed by atoms with van der Waals surface area (Å²) in [7, 11) is 3.58. The molecule has 0 amide bonds. The van der Waals surface area contributed by atoms with Crippen LogP contribution in [0.1, 0.15) is 18.5 Å². The van der Waals surface area contributed by atoms with Gasteiger partial charge in [0.15, 0.2) is 0 Å². The molecule has 1 rings (SSSR count). The van der Waals surface area contributed by atoms with Crippen molar-refractivity contribution < 1.29 is 14.6 Å². The quantitative estimate of drug-likeness (QED) is 0.512. The van der Waals surface area contributed by atoms with Crippen LogP contribution in [0.25, 0.3) is 0 Å². The van der Waals surface area contributed by atoms with Gasteiger partial charge in [0, 0.05) is 23.8 Å². The third-order valence-corrected chi connectivity index (χ3v) is 4.11. The van der Waals surface area contributed by atoms with Gasteiger partial charge in [-0.3, -0.25) is 0 Å². The van der Waals surface area contributed by atoms with E-state index < -0.39 is 6.10 Å². The molecule has 1 aromatic carbocycles. The van der Waals surface area contributed by atoms with Crippen molar-refractivity contribution in [2.45, 2.75) is 24.0 Å². The zero-order chi connectivity index (χ0) is 14.8. The lowest BCUT2D eigenvalue weighted by Crippen LogP contribution is -2.19. The highest BCUT2D eigenvalue weighted by Gasteiger charge is 2.07. The maximum atomic E-state index is 9.84. The Kier molecular flexibility index (Phi) is 8.89. The Hall–Kier alpha value is -0.590. The molecule has 114 valence electrons. The van der Waals surface area contributed by atoms with E-state index >= 15 is 0 Å². The van der Waals surface area contributed by atoms with E-state index in [4.69, 9.17) is 9.47 Å². The molecule has 0 spiro atoms. The highest BCUT2D eigenvalue weighted by molar-refractivity contribution is 7.99. The van der Waals surface area contributed by atoms with Crippen LogP contribution in [0, 0.1) is 0 Å². The summed E-state index contributed by atoms with van der Waals surface area (Å²) < 4.78 is 10.2. The Morgan fingerprint density at radius 1 is 1.35 bits per heavy atom. The molecule has 20 heavy (non-hydrogen) atoms. The predicted molar refractivity (Wildman–Crippen MR) is 83.3 cm³/mol. The third kappa shape index (κ3) is 6.72. The van der Waals surface area contributed by atoms with Crippen molar-refractivity contribution in [3.8, 4) is 0 Å². The van der Waals surface area contributed by atoms with Crippen molar-refractivity contribution in [2.75, 3.05) is 39.7 Å². The lowest BCUT2D eigenvalue weighted by molar-refractivity contribution is 0.0218. The van der Waals surface area contributed by atoms with Gasteiger partial charge in [0.1, 0.15) is 0 Å². The van der Waals surface area contributed by atoms with Crippen molar-refractivity contribution >= 4 is 11.8 Å². The van der Waals surface area contributed by atoms with E-state index in [0.29, 0.717) is 31.6 Å². The number of aliphatic hydroxyl groups excluding tert-OH is 1. The summed E-state index contributed by atoms with van der Waals surface area (Å²) in [6, 6.07) is 8.71. The second kappa shape index (κ2) is 10.2. The fraction of sp³-hybridized carbons (Fsp3) is 0.600. The Morgan fingerprint density at radius 3 is 2.85 bits per heavy atom. The van der Waals surface area contributed by atoms with E-state index in [1.54, 1.807) is 18.9 Å². The molecular formula is C15H25NO3S. The topological polar surface area (TPSA) is 50.7 Å². The minimum absolute atomic E-state index is 0.331. The normalized spacial score (nSPS) is 14.2. The molecule has 1 aromatic rings. The minimum atomic E-state index is -0.456. The summed E-state index contributed by atoms with van der Waals surface area (Å²) in [6.45, 7) is 3.56. The number of thioether (sulfide) groups is 1. The van der Waals surface area contributed by atoms with E-state index in [9.17, 15) is 5.11 Å². The maximum absolute atomic E-state index is 9.84. The Balaban J connectivity index is 2.33. The molecule has 2 unspecified atom stereocenters. The van der Waals surface area contributed by atoms with Crippen molar-refractivity contribution in [1.29, 1.82) is 0 Å². The average Bonchev–Trinajstić information content (AvgIpc) is 2.49. The monoisotopic (exact) mass is 299 g/mol.